The van der Waals surface area contributed by atoms with Gasteiger partial charge in [-0.3, -0.25) is 4.99 Å². The highest BCUT2D eigenvalue weighted by Gasteiger charge is 2.33. The Hall–Kier alpha value is -0.800. The van der Waals surface area contributed by atoms with Crippen LogP contribution in [0.3, 0.4) is 0 Å². The van der Waals surface area contributed by atoms with Gasteiger partial charge in [-0.15, -0.1) is 0 Å². The van der Waals surface area contributed by atoms with Crippen molar-refractivity contribution in [2.24, 2.45) is 10.9 Å². The van der Waals surface area contributed by atoms with Gasteiger partial charge in [-0.1, -0.05) is 6.08 Å². The van der Waals surface area contributed by atoms with Gasteiger partial charge >= 0.3 is 6.18 Å². The molecule has 0 N–H and O–H groups in total. The van der Waals surface area contributed by atoms with Crippen LogP contribution >= 0.6 is 0 Å². The first-order valence-electron chi connectivity index (χ1n) is 3.69. The molecule has 0 aromatic carbocycles. The van der Waals surface area contributed by atoms with Crippen molar-refractivity contribution >= 4 is 5.71 Å². The fourth-order valence-electron chi connectivity index (χ4n) is 1.27. The van der Waals surface area contributed by atoms with Crippen LogP contribution in [0, 0.1) is 5.92 Å². The Labute approximate surface area is 69.0 Å². The molecule has 0 aromatic rings. The molecule has 0 spiro atoms. The monoisotopic (exact) mass is 177 g/mol. The van der Waals surface area contributed by atoms with Crippen molar-refractivity contribution in [3.8, 4) is 0 Å². The molecule has 1 aliphatic rings. The number of rotatable bonds is 1. The largest absolute Gasteiger partial charge is 0.390 e. The molecule has 0 amide bonds. The van der Waals surface area contributed by atoms with Crippen LogP contribution in [0.4, 0.5) is 13.2 Å². The van der Waals surface area contributed by atoms with E-state index in [4.69, 9.17) is 0 Å². The standard InChI is InChI=1S/C8H10F3N/c1-5-3-7(6(2)12-5)4-8(9,10)11/h3,7H,4H2,1-2H3. The summed E-state index contributed by atoms with van der Waals surface area (Å²) in [5, 5.41) is 0. The normalized spacial score (nSPS) is 23.9. The predicted octanol–water partition coefficient (Wildman–Crippen LogP) is 2.93. The van der Waals surface area contributed by atoms with E-state index in [1.807, 2.05) is 0 Å². The molecule has 68 valence electrons. The smallest absolute Gasteiger partial charge is 0.263 e. The number of hydrogen-bond donors (Lipinski definition) is 0. The summed E-state index contributed by atoms with van der Waals surface area (Å²) in [5.41, 5.74) is 1.24. The quantitative estimate of drug-likeness (QED) is 0.584. The minimum Gasteiger partial charge on any atom is -0.263 e. The van der Waals surface area contributed by atoms with Gasteiger partial charge in [-0.25, -0.2) is 0 Å². The summed E-state index contributed by atoms with van der Waals surface area (Å²) in [7, 11) is 0. The van der Waals surface area contributed by atoms with E-state index in [-0.39, 0.29) is 0 Å². The highest BCUT2D eigenvalue weighted by molar-refractivity contribution is 5.89. The van der Waals surface area contributed by atoms with Crippen molar-refractivity contribution in [2.75, 3.05) is 0 Å². The maximum atomic E-state index is 11.9. The van der Waals surface area contributed by atoms with E-state index in [0.29, 0.717) is 11.4 Å². The van der Waals surface area contributed by atoms with Crippen molar-refractivity contribution in [1.29, 1.82) is 0 Å². The fourth-order valence-corrected chi connectivity index (χ4v) is 1.27. The molecule has 0 saturated carbocycles. The van der Waals surface area contributed by atoms with Crippen molar-refractivity contribution in [2.45, 2.75) is 26.4 Å². The lowest BCUT2D eigenvalue weighted by molar-refractivity contribution is -0.137. The van der Waals surface area contributed by atoms with Gasteiger partial charge in [0.15, 0.2) is 0 Å². The summed E-state index contributed by atoms with van der Waals surface area (Å²) in [6.45, 7) is 3.34. The summed E-state index contributed by atoms with van der Waals surface area (Å²) in [4.78, 5) is 3.93. The molecule has 1 atom stereocenters. The lowest BCUT2D eigenvalue weighted by atomic mass is 10.0. The Balaban J connectivity index is 2.62. The van der Waals surface area contributed by atoms with E-state index in [1.165, 1.54) is 0 Å². The van der Waals surface area contributed by atoms with Gasteiger partial charge in [0.2, 0.25) is 0 Å². The molecule has 1 heterocycles. The first-order valence-corrected chi connectivity index (χ1v) is 3.69. The van der Waals surface area contributed by atoms with E-state index in [0.717, 1.165) is 0 Å². The number of halogens is 3. The van der Waals surface area contributed by atoms with Gasteiger partial charge in [0.05, 0.1) is 6.42 Å². The molecule has 0 aliphatic carbocycles. The summed E-state index contributed by atoms with van der Waals surface area (Å²) in [6, 6.07) is 0. The molecule has 12 heavy (non-hydrogen) atoms. The SMILES string of the molecule is CC1=CC(CC(F)(F)F)C(C)=N1. The number of allylic oxidation sites excluding steroid dienone is 2. The zero-order valence-electron chi connectivity index (χ0n) is 6.94. The molecule has 0 aromatic heterocycles. The van der Waals surface area contributed by atoms with Gasteiger partial charge < -0.3 is 0 Å². The maximum absolute atomic E-state index is 11.9. The fraction of sp³-hybridized carbons (Fsp3) is 0.625. The minimum atomic E-state index is -4.09. The summed E-state index contributed by atoms with van der Waals surface area (Å²) < 4.78 is 35.8. The van der Waals surface area contributed by atoms with E-state index in [2.05, 4.69) is 4.99 Å². The Morgan fingerprint density at radius 2 is 2.00 bits per heavy atom. The van der Waals surface area contributed by atoms with Crippen LogP contribution < -0.4 is 0 Å². The van der Waals surface area contributed by atoms with Crippen LogP contribution in [0.2, 0.25) is 0 Å². The third kappa shape index (κ3) is 2.36. The van der Waals surface area contributed by atoms with E-state index < -0.39 is 18.5 Å². The second kappa shape index (κ2) is 2.92. The van der Waals surface area contributed by atoms with Gasteiger partial charge in [0, 0.05) is 17.3 Å². The molecule has 1 aliphatic heterocycles. The average molecular weight is 177 g/mol. The Kier molecular flexibility index (Phi) is 2.26. The lowest BCUT2D eigenvalue weighted by Crippen LogP contribution is -2.17. The van der Waals surface area contributed by atoms with Gasteiger partial charge in [-0.05, 0) is 13.8 Å². The third-order valence-electron chi connectivity index (χ3n) is 1.78. The highest BCUT2D eigenvalue weighted by atomic mass is 19.4. The van der Waals surface area contributed by atoms with Crippen LogP contribution in [-0.4, -0.2) is 11.9 Å². The molecule has 0 fully saturated rings. The Bertz CT molecular complexity index is 237. The Morgan fingerprint density at radius 3 is 2.33 bits per heavy atom. The first kappa shape index (κ1) is 9.29. The highest BCUT2D eigenvalue weighted by Crippen LogP contribution is 2.29. The van der Waals surface area contributed by atoms with Crippen molar-refractivity contribution in [3.05, 3.63) is 11.8 Å². The van der Waals surface area contributed by atoms with Crippen LogP contribution in [-0.2, 0) is 0 Å². The molecule has 1 rings (SSSR count). The second-order valence-corrected chi connectivity index (χ2v) is 2.99. The van der Waals surface area contributed by atoms with Crippen LogP contribution in [0.15, 0.2) is 16.8 Å². The summed E-state index contributed by atoms with van der Waals surface area (Å²) >= 11 is 0. The minimum absolute atomic E-state index is 0.537. The van der Waals surface area contributed by atoms with Gasteiger partial charge in [-0.2, -0.15) is 13.2 Å². The van der Waals surface area contributed by atoms with E-state index >= 15 is 0 Å². The van der Waals surface area contributed by atoms with Gasteiger partial charge in [0.25, 0.3) is 0 Å². The van der Waals surface area contributed by atoms with Crippen molar-refractivity contribution < 1.29 is 13.2 Å². The summed E-state index contributed by atoms with van der Waals surface area (Å²) in [6.07, 6.45) is -3.33. The average Bonchev–Trinajstić information content (AvgIpc) is 2.06. The number of hydrogen-bond acceptors (Lipinski definition) is 1. The topological polar surface area (TPSA) is 12.4 Å². The molecular formula is C8H10F3N. The zero-order valence-corrected chi connectivity index (χ0v) is 6.94. The maximum Gasteiger partial charge on any atom is 0.390 e. The first-order chi connectivity index (χ1) is 5.38. The van der Waals surface area contributed by atoms with Crippen LogP contribution in [0.1, 0.15) is 20.3 Å². The zero-order chi connectivity index (χ0) is 9.35. The van der Waals surface area contributed by atoms with Crippen molar-refractivity contribution in [3.63, 3.8) is 0 Å². The van der Waals surface area contributed by atoms with Crippen LogP contribution in [0.5, 0.6) is 0 Å². The number of aliphatic imine (C=N–C) groups is 1. The van der Waals surface area contributed by atoms with E-state index in [9.17, 15) is 13.2 Å². The molecule has 1 nitrogen and oxygen atoms in total. The predicted molar refractivity (Wildman–Crippen MR) is 41.0 cm³/mol. The van der Waals surface area contributed by atoms with Crippen LogP contribution in [0.25, 0.3) is 0 Å². The molecule has 0 saturated heterocycles. The Morgan fingerprint density at radius 1 is 1.42 bits per heavy atom. The molecule has 4 heteroatoms. The summed E-state index contributed by atoms with van der Waals surface area (Å²) in [5.74, 6) is -0.537. The van der Waals surface area contributed by atoms with Gasteiger partial charge in [0.1, 0.15) is 0 Å². The molecule has 0 bridgehead atoms. The van der Waals surface area contributed by atoms with Crippen molar-refractivity contribution in [1.82, 2.24) is 0 Å². The number of alkyl halides is 3. The number of nitrogens with zero attached hydrogens (tertiary/aromatic N) is 1. The lowest BCUT2D eigenvalue weighted by Gasteiger charge is -2.10. The molecule has 0 radical (unpaired) electrons. The van der Waals surface area contributed by atoms with E-state index in [1.54, 1.807) is 19.9 Å². The molecule has 1 unspecified atom stereocenters. The third-order valence-corrected chi connectivity index (χ3v) is 1.78. The second-order valence-electron chi connectivity index (χ2n) is 2.99. The molecular weight excluding hydrogens is 167 g/mol.